The number of rotatable bonds is 10. The number of ether oxygens (including phenoxy) is 1. The molecule has 0 aromatic heterocycles. The van der Waals surface area contributed by atoms with Crippen LogP contribution in [0.3, 0.4) is 0 Å². The summed E-state index contributed by atoms with van der Waals surface area (Å²) in [4.78, 5) is 0. The van der Waals surface area contributed by atoms with Crippen molar-refractivity contribution in [1.82, 2.24) is 10.6 Å². The molecular formula is C20H28Cl4N2O. The standard InChI is InChI=1S/C20H26Cl2N2O.2ClH/c1-3-23-9-4-10-24-13-17-11-18(21)12-19(22)20(17)25-14-16-7-5-15(2)6-8-16;;/h5-8,11-12,23-24H,3-4,9-10,13-14H2,1-2H3;2*1H. The minimum atomic E-state index is 0. The van der Waals surface area contributed by atoms with Gasteiger partial charge in [-0.15, -0.1) is 24.8 Å². The zero-order chi connectivity index (χ0) is 18.1. The molecule has 3 nitrogen and oxygen atoms in total. The van der Waals surface area contributed by atoms with E-state index in [-0.39, 0.29) is 24.8 Å². The molecule has 0 amide bonds. The van der Waals surface area contributed by atoms with Gasteiger partial charge < -0.3 is 15.4 Å². The Morgan fingerprint density at radius 1 is 0.963 bits per heavy atom. The van der Waals surface area contributed by atoms with E-state index in [1.165, 1.54) is 5.56 Å². The van der Waals surface area contributed by atoms with Gasteiger partial charge in [-0.1, -0.05) is 60.0 Å². The Balaban J connectivity index is 0.00000338. The Labute approximate surface area is 185 Å². The molecule has 27 heavy (non-hydrogen) atoms. The Morgan fingerprint density at radius 2 is 1.63 bits per heavy atom. The molecule has 0 aliphatic rings. The van der Waals surface area contributed by atoms with Crippen LogP contribution in [0.2, 0.25) is 10.0 Å². The van der Waals surface area contributed by atoms with Gasteiger partial charge in [0.15, 0.2) is 0 Å². The summed E-state index contributed by atoms with van der Waals surface area (Å²) in [5.41, 5.74) is 3.32. The highest BCUT2D eigenvalue weighted by molar-refractivity contribution is 6.35. The second kappa shape index (κ2) is 14.3. The fraction of sp³-hybridized carbons (Fsp3) is 0.400. The molecule has 0 bridgehead atoms. The van der Waals surface area contributed by atoms with E-state index in [1.54, 1.807) is 6.07 Å². The first-order chi connectivity index (χ1) is 12.1. The van der Waals surface area contributed by atoms with Gasteiger partial charge in [0.2, 0.25) is 0 Å². The van der Waals surface area contributed by atoms with Crippen LogP contribution in [0.5, 0.6) is 5.75 Å². The fourth-order valence-electron chi connectivity index (χ4n) is 2.48. The number of aryl methyl sites for hydroxylation is 1. The average molecular weight is 454 g/mol. The molecule has 152 valence electrons. The lowest BCUT2D eigenvalue weighted by molar-refractivity contribution is 0.302. The first-order valence-electron chi connectivity index (χ1n) is 8.68. The summed E-state index contributed by atoms with van der Waals surface area (Å²) >= 11 is 12.5. The maximum atomic E-state index is 6.36. The van der Waals surface area contributed by atoms with Crippen LogP contribution >= 0.6 is 48.0 Å². The van der Waals surface area contributed by atoms with Crippen molar-refractivity contribution in [1.29, 1.82) is 0 Å². The molecule has 0 aliphatic carbocycles. The maximum Gasteiger partial charge on any atom is 0.142 e. The second-order valence-electron chi connectivity index (χ2n) is 6.03. The average Bonchev–Trinajstić information content (AvgIpc) is 2.58. The molecule has 0 atom stereocenters. The molecule has 0 heterocycles. The molecule has 0 saturated heterocycles. The topological polar surface area (TPSA) is 33.3 Å². The van der Waals surface area contributed by atoms with Crippen LogP contribution in [0.15, 0.2) is 36.4 Å². The number of nitrogens with one attached hydrogen (secondary N) is 2. The molecule has 2 aromatic carbocycles. The smallest absolute Gasteiger partial charge is 0.142 e. The van der Waals surface area contributed by atoms with Gasteiger partial charge in [0.05, 0.1) is 5.02 Å². The van der Waals surface area contributed by atoms with Gasteiger partial charge in [-0.25, -0.2) is 0 Å². The summed E-state index contributed by atoms with van der Waals surface area (Å²) in [5.74, 6) is 0.700. The van der Waals surface area contributed by atoms with Crippen molar-refractivity contribution in [3.05, 3.63) is 63.1 Å². The summed E-state index contributed by atoms with van der Waals surface area (Å²) < 4.78 is 6.00. The Kier molecular flexibility index (Phi) is 14.0. The molecule has 2 rings (SSSR count). The molecule has 0 saturated carbocycles. The van der Waals surface area contributed by atoms with Crippen molar-refractivity contribution < 1.29 is 4.74 Å². The molecular weight excluding hydrogens is 426 g/mol. The van der Waals surface area contributed by atoms with Gasteiger partial charge in [-0.2, -0.15) is 0 Å². The van der Waals surface area contributed by atoms with Crippen LogP contribution in [0.4, 0.5) is 0 Å². The van der Waals surface area contributed by atoms with Gasteiger partial charge in [0.1, 0.15) is 12.4 Å². The zero-order valence-electron chi connectivity index (χ0n) is 15.7. The van der Waals surface area contributed by atoms with Crippen LogP contribution in [-0.4, -0.2) is 19.6 Å². The molecule has 0 radical (unpaired) electrons. The minimum Gasteiger partial charge on any atom is -0.487 e. The molecule has 0 spiro atoms. The summed E-state index contributed by atoms with van der Waals surface area (Å²) in [7, 11) is 0. The third-order valence-electron chi connectivity index (χ3n) is 3.86. The van der Waals surface area contributed by atoms with E-state index in [0.29, 0.717) is 28.9 Å². The van der Waals surface area contributed by atoms with Crippen LogP contribution in [0, 0.1) is 6.92 Å². The van der Waals surface area contributed by atoms with Gasteiger partial charge in [0.25, 0.3) is 0 Å². The molecule has 7 heteroatoms. The summed E-state index contributed by atoms with van der Waals surface area (Å²) in [6.07, 6.45) is 1.07. The quantitative estimate of drug-likeness (QED) is 0.445. The Hall–Kier alpha value is -0.680. The van der Waals surface area contributed by atoms with Crippen LogP contribution in [0.1, 0.15) is 30.0 Å². The first kappa shape index (κ1) is 26.3. The highest BCUT2D eigenvalue weighted by Crippen LogP contribution is 2.33. The van der Waals surface area contributed by atoms with Gasteiger partial charge in [0, 0.05) is 17.1 Å². The van der Waals surface area contributed by atoms with Crippen LogP contribution in [-0.2, 0) is 13.2 Å². The van der Waals surface area contributed by atoms with Crippen molar-refractivity contribution in [2.75, 3.05) is 19.6 Å². The number of hydrogen-bond acceptors (Lipinski definition) is 3. The summed E-state index contributed by atoms with van der Waals surface area (Å²) in [6, 6.07) is 11.9. The van der Waals surface area contributed by atoms with Gasteiger partial charge in [-0.05, 0) is 50.7 Å². The van der Waals surface area contributed by atoms with E-state index in [1.807, 2.05) is 6.07 Å². The van der Waals surface area contributed by atoms with Crippen molar-refractivity contribution in [2.24, 2.45) is 0 Å². The SMILES string of the molecule is CCNCCCNCc1cc(Cl)cc(Cl)c1OCc1ccc(C)cc1.Cl.Cl. The zero-order valence-corrected chi connectivity index (χ0v) is 18.8. The van der Waals surface area contributed by atoms with E-state index in [4.69, 9.17) is 27.9 Å². The highest BCUT2D eigenvalue weighted by atomic mass is 35.5. The number of hydrogen-bond donors (Lipinski definition) is 2. The third-order valence-corrected chi connectivity index (χ3v) is 4.36. The molecule has 0 unspecified atom stereocenters. The van der Waals surface area contributed by atoms with E-state index >= 15 is 0 Å². The normalized spacial score (nSPS) is 10.1. The molecule has 0 aliphatic heterocycles. The first-order valence-corrected chi connectivity index (χ1v) is 9.43. The lowest BCUT2D eigenvalue weighted by Crippen LogP contribution is -2.21. The number of halogens is 4. The van der Waals surface area contributed by atoms with Crippen molar-refractivity contribution >= 4 is 48.0 Å². The maximum absolute atomic E-state index is 6.36. The fourth-order valence-corrected chi connectivity index (χ4v) is 3.07. The third kappa shape index (κ3) is 9.38. The molecule has 0 fully saturated rings. The summed E-state index contributed by atoms with van der Waals surface area (Å²) in [5, 5.41) is 7.90. The van der Waals surface area contributed by atoms with E-state index in [2.05, 4.69) is 48.7 Å². The highest BCUT2D eigenvalue weighted by Gasteiger charge is 2.11. The predicted octanol–water partition coefficient (Wildman–Crippen LogP) is 5.81. The predicted molar refractivity (Wildman–Crippen MR) is 121 cm³/mol. The molecule has 2 N–H and O–H groups in total. The van der Waals surface area contributed by atoms with E-state index in [9.17, 15) is 0 Å². The largest absolute Gasteiger partial charge is 0.487 e. The van der Waals surface area contributed by atoms with Gasteiger partial charge >= 0.3 is 0 Å². The number of benzene rings is 2. The molecule has 2 aromatic rings. The summed E-state index contributed by atoms with van der Waals surface area (Å²) in [6.45, 7) is 8.27. The monoisotopic (exact) mass is 452 g/mol. The minimum absolute atomic E-state index is 0. The second-order valence-corrected chi connectivity index (χ2v) is 6.88. The Bertz CT molecular complexity index is 666. The van der Waals surface area contributed by atoms with Crippen molar-refractivity contribution in [3.8, 4) is 5.75 Å². The lowest BCUT2D eigenvalue weighted by Gasteiger charge is -2.15. The van der Waals surface area contributed by atoms with E-state index < -0.39 is 0 Å². The lowest BCUT2D eigenvalue weighted by atomic mass is 10.1. The van der Waals surface area contributed by atoms with Crippen molar-refractivity contribution in [2.45, 2.75) is 33.4 Å². The van der Waals surface area contributed by atoms with Crippen LogP contribution in [0.25, 0.3) is 0 Å². The van der Waals surface area contributed by atoms with Crippen molar-refractivity contribution in [3.63, 3.8) is 0 Å². The van der Waals surface area contributed by atoms with Crippen LogP contribution < -0.4 is 15.4 Å². The van der Waals surface area contributed by atoms with Gasteiger partial charge in [-0.3, -0.25) is 0 Å². The van der Waals surface area contributed by atoms with E-state index in [0.717, 1.165) is 37.2 Å². The Morgan fingerprint density at radius 3 is 2.30 bits per heavy atom.